The molecular weight excluding hydrogens is 661 g/mol. The van der Waals surface area contributed by atoms with Crippen molar-refractivity contribution >= 4 is 63.1 Å². The second-order valence-corrected chi connectivity index (χ2v) is 12.3. The highest BCUT2D eigenvalue weighted by molar-refractivity contribution is 6.31. The van der Waals surface area contributed by atoms with E-state index in [0.29, 0.717) is 76.4 Å². The van der Waals surface area contributed by atoms with Crippen LogP contribution in [0.1, 0.15) is 11.1 Å². The van der Waals surface area contributed by atoms with Gasteiger partial charge in [-0.3, -0.25) is 4.98 Å². The van der Waals surface area contributed by atoms with Gasteiger partial charge in [0.2, 0.25) is 0 Å². The minimum Gasteiger partial charge on any atom is -0.384 e. The molecule has 0 bridgehead atoms. The largest absolute Gasteiger partial charge is 0.384 e. The fourth-order valence-corrected chi connectivity index (χ4v) is 5.98. The molecule has 2 aliphatic heterocycles. The van der Waals surface area contributed by atoms with Crippen molar-refractivity contribution in [3.8, 4) is 11.4 Å². The number of fused-ring (bicyclic) bond motifs is 1. The van der Waals surface area contributed by atoms with Gasteiger partial charge in [0.1, 0.15) is 34.9 Å². The molecule has 14 heteroatoms. The van der Waals surface area contributed by atoms with Gasteiger partial charge >= 0.3 is 0 Å². The molecule has 0 amide bonds. The number of hydrogen-bond acceptors (Lipinski definition) is 10. The van der Waals surface area contributed by atoms with E-state index in [1.54, 1.807) is 24.4 Å². The normalized spacial score (nSPS) is 14.9. The van der Waals surface area contributed by atoms with E-state index in [9.17, 15) is 4.39 Å². The average molecular weight is 696 g/mol. The van der Waals surface area contributed by atoms with Crippen LogP contribution in [0.4, 0.5) is 37.7 Å². The lowest BCUT2D eigenvalue weighted by Crippen LogP contribution is -2.36. The molecule has 250 valence electrons. The summed E-state index contributed by atoms with van der Waals surface area (Å²) in [4.78, 5) is 22.1. The first-order valence-electron chi connectivity index (χ1n) is 15.4. The van der Waals surface area contributed by atoms with E-state index in [1.807, 2.05) is 32.0 Å². The van der Waals surface area contributed by atoms with Crippen LogP contribution in [0.2, 0.25) is 10.0 Å². The molecule has 0 atom stereocenters. The Labute approximate surface area is 286 Å². The Bertz CT molecular complexity index is 1920. The van der Waals surface area contributed by atoms with Gasteiger partial charge in [0.25, 0.3) is 0 Å². The number of nitrogens with one attached hydrogen (secondary N) is 1. The second kappa shape index (κ2) is 14.8. The summed E-state index contributed by atoms with van der Waals surface area (Å²) in [6.07, 6.45) is 1.68. The van der Waals surface area contributed by atoms with E-state index in [0.717, 1.165) is 43.8 Å². The summed E-state index contributed by atoms with van der Waals surface area (Å²) < 4.78 is 39.8. The molecular formula is C34H34Cl2F2N8O2. The summed E-state index contributed by atoms with van der Waals surface area (Å²) in [7, 11) is 0. The van der Waals surface area contributed by atoms with Crippen LogP contribution in [0, 0.1) is 25.5 Å². The van der Waals surface area contributed by atoms with Crippen LogP contribution in [0.25, 0.3) is 22.3 Å². The number of hydrogen-bond donors (Lipinski definition) is 2. The van der Waals surface area contributed by atoms with Gasteiger partial charge in [0.05, 0.1) is 54.4 Å². The van der Waals surface area contributed by atoms with Crippen LogP contribution >= 0.6 is 23.2 Å². The fourth-order valence-electron chi connectivity index (χ4n) is 5.56. The van der Waals surface area contributed by atoms with E-state index >= 15 is 4.39 Å². The number of halogens is 4. The van der Waals surface area contributed by atoms with Gasteiger partial charge in [-0.05, 0) is 55.8 Å². The Morgan fingerprint density at radius 1 is 0.792 bits per heavy atom. The number of aryl methyl sites for hydroxylation is 1. The molecule has 6 heterocycles. The van der Waals surface area contributed by atoms with Gasteiger partial charge < -0.3 is 30.3 Å². The number of nitrogen functional groups attached to an aromatic ring is 1. The molecule has 3 N–H and O–H groups in total. The predicted octanol–water partition coefficient (Wildman–Crippen LogP) is 6.97. The molecule has 2 fully saturated rings. The summed E-state index contributed by atoms with van der Waals surface area (Å²) >= 11 is 12.3. The van der Waals surface area contributed by atoms with Gasteiger partial charge in [0.15, 0.2) is 0 Å². The fraction of sp³-hybridized carbons (Fsp3) is 0.294. The number of pyridine rings is 4. The molecule has 0 aliphatic carbocycles. The summed E-state index contributed by atoms with van der Waals surface area (Å²) in [5.74, 6) is 1.01. The van der Waals surface area contributed by atoms with Crippen molar-refractivity contribution in [2.24, 2.45) is 0 Å². The second-order valence-electron chi connectivity index (χ2n) is 11.4. The zero-order chi connectivity index (χ0) is 33.8. The Hall–Kier alpha value is -4.36. The van der Waals surface area contributed by atoms with Crippen molar-refractivity contribution in [2.75, 3.05) is 73.5 Å². The lowest BCUT2D eigenvalue weighted by molar-refractivity contribution is 0.122. The van der Waals surface area contributed by atoms with Crippen LogP contribution in [0.3, 0.4) is 0 Å². The van der Waals surface area contributed by atoms with Crippen LogP contribution < -0.4 is 20.9 Å². The van der Waals surface area contributed by atoms with Crippen LogP contribution in [0.5, 0.6) is 0 Å². The first kappa shape index (κ1) is 33.5. The number of benzene rings is 1. The molecule has 48 heavy (non-hydrogen) atoms. The third-order valence-electron chi connectivity index (χ3n) is 7.90. The smallest absolute Gasteiger partial charge is 0.137 e. The average Bonchev–Trinajstić information content (AvgIpc) is 3.06. The number of morpholine rings is 2. The van der Waals surface area contributed by atoms with Crippen molar-refractivity contribution < 1.29 is 18.3 Å². The molecule has 2 aliphatic rings. The lowest BCUT2D eigenvalue weighted by Gasteiger charge is -2.28. The number of anilines is 5. The number of ether oxygens (including phenoxy) is 2. The number of rotatable bonds is 5. The van der Waals surface area contributed by atoms with Crippen molar-refractivity contribution in [3.05, 3.63) is 87.5 Å². The molecule has 2 saturated heterocycles. The molecule has 0 radical (unpaired) electrons. The Kier molecular flexibility index (Phi) is 10.4. The molecule has 0 saturated carbocycles. The third-order valence-corrected chi connectivity index (χ3v) is 8.34. The lowest BCUT2D eigenvalue weighted by atomic mass is 10.0. The molecule has 0 spiro atoms. The summed E-state index contributed by atoms with van der Waals surface area (Å²) in [6, 6.07) is 12.7. The van der Waals surface area contributed by atoms with Crippen LogP contribution in [0.15, 0.2) is 54.7 Å². The summed E-state index contributed by atoms with van der Waals surface area (Å²) in [6.45, 7) is 9.51. The SMILES string of the molecule is Cc1ccnc(-c2nc3cc(F)cc(F)c3c(Nc3cc(Cl)cc(N4CCOCC4)n3)c2C)c1.Nc1cc(Cl)cc(N2CCOCC2)n1. The number of aromatic nitrogens is 4. The molecule has 5 aromatic rings. The van der Waals surface area contributed by atoms with Crippen molar-refractivity contribution in [1.29, 1.82) is 0 Å². The van der Waals surface area contributed by atoms with Gasteiger partial charge in [-0.15, -0.1) is 0 Å². The zero-order valence-corrected chi connectivity index (χ0v) is 28.0. The molecule has 7 rings (SSSR count). The van der Waals surface area contributed by atoms with E-state index < -0.39 is 11.6 Å². The standard InChI is InChI=1S/C25H22ClF2N5O.C9H12ClN3O/c1-14-3-4-29-20(9-14)24-15(2)25(23-18(28)12-17(27)13-19(23)30-24)32-21-10-16(26)11-22(31-21)33-5-7-34-8-6-33;10-7-5-8(11)12-9(6-7)13-1-3-14-4-2-13/h3-4,9-13H,5-8H2,1-2H3,(H,30,31,32);5-6H,1-4H2,(H2,11,12). The van der Waals surface area contributed by atoms with Gasteiger partial charge in [-0.25, -0.2) is 23.7 Å². The maximum atomic E-state index is 15.0. The van der Waals surface area contributed by atoms with Gasteiger partial charge in [-0.1, -0.05) is 23.2 Å². The van der Waals surface area contributed by atoms with E-state index in [1.165, 1.54) is 6.07 Å². The van der Waals surface area contributed by atoms with Crippen LogP contribution in [-0.2, 0) is 9.47 Å². The topological polar surface area (TPSA) is 115 Å². The Morgan fingerprint density at radius 2 is 1.42 bits per heavy atom. The monoisotopic (exact) mass is 694 g/mol. The van der Waals surface area contributed by atoms with Crippen LogP contribution in [-0.4, -0.2) is 72.5 Å². The molecule has 10 nitrogen and oxygen atoms in total. The molecule has 1 aromatic carbocycles. The third kappa shape index (κ3) is 7.84. The maximum Gasteiger partial charge on any atom is 0.137 e. The van der Waals surface area contributed by atoms with Crippen molar-refractivity contribution in [1.82, 2.24) is 19.9 Å². The van der Waals surface area contributed by atoms with Gasteiger partial charge in [-0.2, -0.15) is 0 Å². The molecule has 4 aromatic heterocycles. The van der Waals surface area contributed by atoms with Gasteiger partial charge in [0, 0.05) is 60.1 Å². The predicted molar refractivity (Wildman–Crippen MR) is 187 cm³/mol. The highest BCUT2D eigenvalue weighted by atomic mass is 35.5. The maximum absolute atomic E-state index is 15.0. The number of nitrogens with two attached hydrogens (primary N) is 1. The van der Waals surface area contributed by atoms with Crippen molar-refractivity contribution in [2.45, 2.75) is 13.8 Å². The molecule has 0 unspecified atom stereocenters. The van der Waals surface area contributed by atoms with Crippen molar-refractivity contribution in [3.63, 3.8) is 0 Å². The number of nitrogens with zero attached hydrogens (tertiary/aromatic N) is 6. The first-order valence-corrected chi connectivity index (χ1v) is 16.2. The van der Waals surface area contributed by atoms with E-state index in [-0.39, 0.29) is 10.9 Å². The first-order chi connectivity index (χ1) is 23.1. The summed E-state index contributed by atoms with van der Waals surface area (Å²) in [5, 5.41) is 4.52. The Balaban J connectivity index is 0.000000239. The highest BCUT2D eigenvalue weighted by Crippen LogP contribution is 2.37. The summed E-state index contributed by atoms with van der Waals surface area (Å²) in [5.41, 5.74) is 9.02. The minimum atomic E-state index is -0.715. The quantitative estimate of drug-likeness (QED) is 0.200. The van der Waals surface area contributed by atoms with E-state index in [4.69, 9.17) is 43.4 Å². The highest BCUT2D eigenvalue weighted by Gasteiger charge is 2.20. The minimum absolute atomic E-state index is 0.171. The Morgan fingerprint density at radius 3 is 2.04 bits per heavy atom. The van der Waals surface area contributed by atoms with E-state index in [2.05, 4.69) is 30.1 Å². The zero-order valence-electron chi connectivity index (χ0n) is 26.4.